The number of carbonyl (C=O) groups is 1. The molecule has 5 rings (SSSR count). The lowest BCUT2D eigenvalue weighted by molar-refractivity contribution is 0.0981. The second-order valence-corrected chi connectivity index (χ2v) is 11.0. The third kappa shape index (κ3) is 5.90. The number of hydrogen-bond donors (Lipinski definition) is 1. The fraction of sp³-hybridized carbons (Fsp3) is 0.0645. The number of hydrogen-bond acceptors (Lipinski definition) is 4. The summed E-state index contributed by atoms with van der Waals surface area (Å²) in [4.78, 5) is 12.5. The van der Waals surface area contributed by atoms with Crippen LogP contribution in [0.15, 0.2) is 120 Å². The van der Waals surface area contributed by atoms with Crippen molar-refractivity contribution in [1.82, 2.24) is 9.29 Å². The summed E-state index contributed by atoms with van der Waals surface area (Å²) in [6.45, 7) is 2.31. The number of sulfonamides is 1. The van der Waals surface area contributed by atoms with E-state index in [9.17, 15) is 13.2 Å². The number of carbonyl (C=O) groups excluding carboxylic acids is 1. The molecule has 0 aliphatic rings. The maximum atomic E-state index is 13.1. The fourth-order valence-electron chi connectivity index (χ4n) is 4.27. The normalized spacial score (nSPS) is 11.2. The van der Waals surface area contributed by atoms with Crippen molar-refractivity contribution in [1.29, 1.82) is 0 Å². The minimum atomic E-state index is -4.12. The Labute approximate surface area is 232 Å². The van der Waals surface area contributed by atoms with Crippen molar-refractivity contribution < 1.29 is 17.9 Å². The van der Waals surface area contributed by atoms with Gasteiger partial charge in [-0.25, -0.2) is 13.1 Å². The molecule has 5 aromatic rings. The highest BCUT2D eigenvalue weighted by atomic mass is 35.5. The number of rotatable bonds is 8. The number of aromatic nitrogens is 1. The van der Waals surface area contributed by atoms with Crippen LogP contribution >= 0.6 is 11.6 Å². The maximum Gasteiger partial charge on any atom is 0.264 e. The van der Waals surface area contributed by atoms with Crippen molar-refractivity contribution in [3.05, 3.63) is 137 Å². The quantitative estimate of drug-likeness (QED) is 0.228. The van der Waals surface area contributed by atoms with Gasteiger partial charge in [0.05, 0.1) is 10.6 Å². The van der Waals surface area contributed by atoms with Crippen LogP contribution in [0.5, 0.6) is 5.75 Å². The van der Waals surface area contributed by atoms with Crippen molar-refractivity contribution in [2.75, 3.05) is 0 Å². The number of nitrogens with one attached hydrogen (secondary N) is 1. The number of nitrogens with zero attached hydrogens (tertiary/aromatic N) is 1. The predicted octanol–water partition coefficient (Wildman–Crippen LogP) is 6.80. The summed E-state index contributed by atoms with van der Waals surface area (Å²) >= 11 is 6.39. The van der Waals surface area contributed by atoms with Crippen LogP contribution in [0.1, 0.15) is 21.6 Å². The Hall–Kier alpha value is -4.33. The van der Waals surface area contributed by atoms with Gasteiger partial charge in [0, 0.05) is 27.5 Å². The van der Waals surface area contributed by atoms with Crippen LogP contribution in [0.3, 0.4) is 0 Å². The Morgan fingerprint density at radius 2 is 1.56 bits per heavy atom. The smallest absolute Gasteiger partial charge is 0.264 e. The monoisotopic (exact) mass is 556 g/mol. The van der Waals surface area contributed by atoms with E-state index in [2.05, 4.69) is 4.72 Å². The van der Waals surface area contributed by atoms with E-state index in [0.29, 0.717) is 23.1 Å². The SMILES string of the molecule is Cc1ccc(-c2cc(Cl)ccc2OCc2ccccc2)n1-c1cccc(S(=O)(=O)NC(=O)c2ccccc2)c1. The number of amides is 1. The van der Waals surface area contributed by atoms with Gasteiger partial charge in [-0.3, -0.25) is 4.79 Å². The van der Waals surface area contributed by atoms with Crippen LogP contribution < -0.4 is 9.46 Å². The Balaban J connectivity index is 1.49. The average molecular weight is 557 g/mol. The molecule has 0 aliphatic heterocycles. The molecular weight excluding hydrogens is 532 g/mol. The van der Waals surface area contributed by atoms with Gasteiger partial charge in [-0.05, 0) is 73.2 Å². The van der Waals surface area contributed by atoms with Crippen molar-refractivity contribution in [3.63, 3.8) is 0 Å². The van der Waals surface area contributed by atoms with Crippen LogP contribution in [-0.2, 0) is 16.6 Å². The van der Waals surface area contributed by atoms with Gasteiger partial charge in [-0.15, -0.1) is 0 Å². The lowest BCUT2D eigenvalue weighted by Gasteiger charge is -2.17. The minimum absolute atomic E-state index is 0.0324. The Bertz CT molecular complexity index is 1730. The third-order valence-electron chi connectivity index (χ3n) is 6.18. The molecule has 0 unspecified atom stereocenters. The lowest BCUT2D eigenvalue weighted by Crippen LogP contribution is -2.30. The zero-order chi connectivity index (χ0) is 27.4. The molecule has 0 fully saturated rings. The van der Waals surface area contributed by atoms with E-state index in [4.69, 9.17) is 16.3 Å². The predicted molar refractivity (Wildman–Crippen MR) is 153 cm³/mol. The zero-order valence-electron chi connectivity index (χ0n) is 21.0. The van der Waals surface area contributed by atoms with Gasteiger partial charge in [-0.1, -0.05) is 66.2 Å². The summed E-state index contributed by atoms with van der Waals surface area (Å²) in [5.41, 5.74) is 4.31. The van der Waals surface area contributed by atoms with Crippen molar-refractivity contribution in [2.24, 2.45) is 0 Å². The largest absolute Gasteiger partial charge is 0.488 e. The van der Waals surface area contributed by atoms with Crippen LogP contribution in [0, 0.1) is 6.92 Å². The van der Waals surface area contributed by atoms with Gasteiger partial charge >= 0.3 is 0 Å². The molecule has 0 spiro atoms. The molecule has 4 aromatic carbocycles. The zero-order valence-corrected chi connectivity index (χ0v) is 22.6. The first-order chi connectivity index (χ1) is 18.8. The second-order valence-electron chi connectivity index (χ2n) is 8.91. The molecule has 1 heterocycles. The molecule has 6 nitrogen and oxygen atoms in total. The van der Waals surface area contributed by atoms with Crippen molar-refractivity contribution in [2.45, 2.75) is 18.4 Å². The molecule has 1 N–H and O–H groups in total. The molecule has 0 atom stereocenters. The summed E-state index contributed by atoms with van der Waals surface area (Å²) in [7, 11) is -4.12. The summed E-state index contributed by atoms with van der Waals surface area (Å²) in [5, 5.41) is 0.544. The molecule has 0 saturated heterocycles. The fourth-order valence-corrected chi connectivity index (χ4v) is 5.46. The molecule has 0 aliphatic carbocycles. The van der Waals surface area contributed by atoms with Gasteiger partial charge < -0.3 is 9.30 Å². The van der Waals surface area contributed by atoms with Crippen molar-refractivity contribution >= 4 is 27.5 Å². The highest BCUT2D eigenvalue weighted by Crippen LogP contribution is 2.36. The first-order valence-electron chi connectivity index (χ1n) is 12.2. The van der Waals surface area contributed by atoms with Crippen LogP contribution in [-0.4, -0.2) is 18.9 Å². The van der Waals surface area contributed by atoms with Crippen molar-refractivity contribution in [3.8, 4) is 22.7 Å². The van der Waals surface area contributed by atoms with Gasteiger partial charge in [0.1, 0.15) is 12.4 Å². The third-order valence-corrected chi connectivity index (χ3v) is 7.74. The van der Waals surface area contributed by atoms with E-state index in [1.54, 1.807) is 42.5 Å². The summed E-state index contributed by atoms with van der Waals surface area (Å²) in [6.07, 6.45) is 0. The number of ether oxygens (including phenoxy) is 1. The molecule has 1 amide bonds. The summed E-state index contributed by atoms with van der Waals surface area (Å²) in [5.74, 6) is -0.0560. The molecule has 0 saturated carbocycles. The molecule has 39 heavy (non-hydrogen) atoms. The van der Waals surface area contributed by atoms with E-state index in [0.717, 1.165) is 22.5 Å². The Morgan fingerprint density at radius 1 is 0.846 bits per heavy atom. The number of halogens is 1. The van der Waals surface area contributed by atoms with Crippen LogP contribution in [0.2, 0.25) is 5.02 Å². The maximum absolute atomic E-state index is 13.1. The molecule has 1 aromatic heterocycles. The van der Waals surface area contributed by atoms with Gasteiger partial charge in [0.15, 0.2) is 0 Å². The Kier molecular flexibility index (Phi) is 7.54. The standard InChI is InChI=1S/C31H25ClN2O4S/c1-22-15-17-29(28-19-25(32)16-18-30(28)38-21-23-9-4-2-5-10-23)34(22)26-13-8-14-27(20-26)39(36,37)33-31(35)24-11-6-3-7-12-24/h2-20H,21H2,1H3,(H,33,35). The van der Waals surface area contributed by atoms with E-state index in [-0.39, 0.29) is 10.5 Å². The summed E-state index contributed by atoms with van der Waals surface area (Å²) < 4.78 is 36.5. The molecule has 8 heteroatoms. The molecule has 0 radical (unpaired) electrons. The van der Waals surface area contributed by atoms with Crippen LogP contribution in [0.4, 0.5) is 0 Å². The van der Waals surface area contributed by atoms with Gasteiger partial charge in [0.2, 0.25) is 0 Å². The molecule has 196 valence electrons. The number of benzene rings is 4. The van der Waals surface area contributed by atoms with E-state index in [1.807, 2.05) is 72.2 Å². The molecular formula is C31H25ClN2O4S. The first kappa shape index (κ1) is 26.3. The topological polar surface area (TPSA) is 77.4 Å². The molecule has 0 bridgehead atoms. The number of aryl methyl sites for hydroxylation is 1. The van der Waals surface area contributed by atoms with E-state index < -0.39 is 15.9 Å². The van der Waals surface area contributed by atoms with Crippen LogP contribution in [0.25, 0.3) is 16.9 Å². The lowest BCUT2D eigenvalue weighted by atomic mass is 10.1. The summed E-state index contributed by atoms with van der Waals surface area (Å²) in [6, 6.07) is 33.8. The van der Waals surface area contributed by atoms with Gasteiger partial charge in [-0.2, -0.15) is 0 Å². The first-order valence-corrected chi connectivity index (χ1v) is 14.1. The highest BCUT2D eigenvalue weighted by Gasteiger charge is 2.21. The van der Waals surface area contributed by atoms with E-state index in [1.165, 1.54) is 12.1 Å². The minimum Gasteiger partial charge on any atom is -0.488 e. The average Bonchev–Trinajstić information content (AvgIpc) is 3.34. The van der Waals surface area contributed by atoms with Gasteiger partial charge in [0.25, 0.3) is 15.9 Å². The van der Waals surface area contributed by atoms with E-state index >= 15 is 0 Å². The Morgan fingerprint density at radius 3 is 2.31 bits per heavy atom. The highest BCUT2D eigenvalue weighted by molar-refractivity contribution is 7.90. The second kappa shape index (κ2) is 11.2.